The number of thioether (sulfide) groups is 1. The van der Waals surface area contributed by atoms with Crippen molar-refractivity contribution in [3.05, 3.63) is 112 Å². The predicted molar refractivity (Wildman–Crippen MR) is 137 cm³/mol. The van der Waals surface area contributed by atoms with Crippen LogP contribution in [0.25, 0.3) is 17.0 Å². The van der Waals surface area contributed by atoms with Crippen molar-refractivity contribution in [3.8, 4) is 0 Å². The molecule has 2 heterocycles. The van der Waals surface area contributed by atoms with Crippen LogP contribution in [0.2, 0.25) is 0 Å². The summed E-state index contributed by atoms with van der Waals surface area (Å²) >= 11 is 6.91. The molecule has 1 aliphatic rings. The molecule has 5 heteroatoms. The van der Waals surface area contributed by atoms with Crippen LogP contribution in [-0.4, -0.2) is 19.7 Å². The first kappa shape index (κ1) is 20.7. The second kappa shape index (κ2) is 8.77. The van der Waals surface area contributed by atoms with Crippen LogP contribution in [0.4, 0.5) is 0 Å². The Kier molecular flexibility index (Phi) is 5.68. The van der Waals surface area contributed by atoms with Gasteiger partial charge in [-0.2, -0.15) is 0 Å². The van der Waals surface area contributed by atoms with Gasteiger partial charge in [0.1, 0.15) is 4.32 Å². The molecule has 3 nitrogen and oxygen atoms in total. The highest BCUT2D eigenvalue weighted by molar-refractivity contribution is 8.26. The summed E-state index contributed by atoms with van der Waals surface area (Å²) in [4.78, 5) is 15.5. The molecular weight excluding hydrogens is 432 g/mol. The first-order valence-electron chi connectivity index (χ1n) is 10.5. The van der Waals surface area contributed by atoms with Crippen molar-refractivity contribution in [1.29, 1.82) is 0 Å². The summed E-state index contributed by atoms with van der Waals surface area (Å²) in [7, 11) is 0. The summed E-state index contributed by atoms with van der Waals surface area (Å²) in [6, 6.07) is 26.7. The summed E-state index contributed by atoms with van der Waals surface area (Å²) in [5.41, 5.74) is 5.82. The molecule has 0 aliphatic carbocycles. The molecule has 4 aromatic rings. The number of nitrogens with zero attached hydrogens (tertiary/aromatic N) is 2. The lowest BCUT2D eigenvalue weighted by Crippen LogP contribution is -2.27. The number of hydrogen-bond donors (Lipinski definition) is 0. The van der Waals surface area contributed by atoms with E-state index in [-0.39, 0.29) is 5.91 Å². The van der Waals surface area contributed by atoms with Crippen LogP contribution in [0.1, 0.15) is 22.3 Å². The Balaban J connectivity index is 1.48. The SMILES string of the molecule is Cc1ccccc1Cn1cc(/C=C2\SC(=S)N(Cc3ccccc3)C2=O)c2ccccc21. The maximum atomic E-state index is 13.1. The smallest absolute Gasteiger partial charge is 0.266 e. The molecule has 1 aromatic heterocycles. The normalized spacial score (nSPS) is 15.3. The molecule has 0 unspecified atom stereocenters. The van der Waals surface area contributed by atoms with Crippen molar-refractivity contribution in [3.63, 3.8) is 0 Å². The zero-order chi connectivity index (χ0) is 22.1. The standard InChI is InChI=1S/C27H22N2OS2/c1-19-9-5-6-12-21(19)17-28-18-22(23-13-7-8-14-24(23)28)15-25-26(30)29(27(31)32-25)16-20-10-3-2-4-11-20/h2-15,18H,16-17H2,1H3/b25-15-. The number of benzene rings is 3. The fraction of sp³-hybridized carbons (Fsp3) is 0.111. The molecule has 1 fully saturated rings. The average molecular weight is 455 g/mol. The fourth-order valence-electron chi connectivity index (χ4n) is 4.04. The second-order valence-corrected chi connectivity index (χ2v) is 9.59. The van der Waals surface area contributed by atoms with Gasteiger partial charge in [-0.15, -0.1) is 0 Å². The van der Waals surface area contributed by atoms with Crippen LogP contribution < -0.4 is 0 Å². The quantitative estimate of drug-likeness (QED) is 0.258. The summed E-state index contributed by atoms with van der Waals surface area (Å²) in [5.74, 6) is -0.0282. The topological polar surface area (TPSA) is 25.2 Å². The highest BCUT2D eigenvalue weighted by Crippen LogP contribution is 2.35. The van der Waals surface area contributed by atoms with Crippen molar-refractivity contribution in [1.82, 2.24) is 9.47 Å². The number of fused-ring (bicyclic) bond motifs is 1. The van der Waals surface area contributed by atoms with Gasteiger partial charge in [-0.05, 0) is 35.8 Å². The molecule has 3 aromatic carbocycles. The van der Waals surface area contributed by atoms with E-state index in [1.54, 1.807) is 4.90 Å². The van der Waals surface area contributed by atoms with Gasteiger partial charge in [-0.25, -0.2) is 0 Å². The van der Waals surface area contributed by atoms with Gasteiger partial charge in [0.05, 0.1) is 11.4 Å². The Morgan fingerprint density at radius 1 is 0.906 bits per heavy atom. The van der Waals surface area contributed by atoms with Gasteiger partial charge in [0.25, 0.3) is 5.91 Å². The minimum absolute atomic E-state index is 0.0282. The zero-order valence-corrected chi connectivity index (χ0v) is 19.3. The number of aromatic nitrogens is 1. The van der Waals surface area contributed by atoms with E-state index in [2.05, 4.69) is 60.2 Å². The summed E-state index contributed by atoms with van der Waals surface area (Å²) in [6.45, 7) is 3.42. The Bertz CT molecular complexity index is 1350. The molecule has 5 rings (SSSR count). The van der Waals surface area contributed by atoms with E-state index in [0.717, 1.165) is 28.6 Å². The van der Waals surface area contributed by atoms with Gasteiger partial charge in [0.15, 0.2) is 0 Å². The van der Waals surface area contributed by atoms with Crippen LogP contribution in [0, 0.1) is 6.92 Å². The zero-order valence-electron chi connectivity index (χ0n) is 17.7. The molecular formula is C27H22N2OS2. The first-order valence-corrected chi connectivity index (χ1v) is 11.7. The van der Waals surface area contributed by atoms with Crippen LogP contribution in [0.15, 0.2) is 90.0 Å². The van der Waals surface area contributed by atoms with Crippen molar-refractivity contribution >= 4 is 51.2 Å². The average Bonchev–Trinajstić information content (AvgIpc) is 3.28. The number of hydrogen-bond acceptors (Lipinski definition) is 3. The third-order valence-corrected chi connectivity index (χ3v) is 7.14. The molecule has 1 saturated heterocycles. The number of amides is 1. The minimum Gasteiger partial charge on any atom is -0.342 e. The van der Waals surface area contributed by atoms with Gasteiger partial charge >= 0.3 is 0 Å². The van der Waals surface area contributed by atoms with E-state index in [4.69, 9.17) is 12.2 Å². The molecule has 0 radical (unpaired) electrons. The van der Waals surface area contributed by atoms with Gasteiger partial charge in [0, 0.05) is 29.2 Å². The third-order valence-electron chi connectivity index (χ3n) is 5.77. The number of carbonyl (C=O) groups is 1. The van der Waals surface area contributed by atoms with E-state index >= 15 is 0 Å². The van der Waals surface area contributed by atoms with Gasteiger partial charge in [-0.3, -0.25) is 9.69 Å². The molecule has 0 spiro atoms. The number of aryl methyl sites for hydroxylation is 1. The Morgan fingerprint density at radius 2 is 1.62 bits per heavy atom. The molecule has 0 saturated carbocycles. The van der Waals surface area contributed by atoms with Gasteiger partial charge in [-0.1, -0.05) is 96.8 Å². The monoisotopic (exact) mass is 454 g/mol. The number of carbonyl (C=O) groups excluding carboxylic acids is 1. The van der Waals surface area contributed by atoms with Crippen molar-refractivity contribution in [2.24, 2.45) is 0 Å². The highest BCUT2D eigenvalue weighted by Gasteiger charge is 2.32. The second-order valence-electron chi connectivity index (χ2n) is 7.91. The minimum atomic E-state index is -0.0282. The number of rotatable bonds is 5. The summed E-state index contributed by atoms with van der Waals surface area (Å²) in [5, 5.41) is 1.13. The van der Waals surface area contributed by atoms with Crippen molar-refractivity contribution < 1.29 is 4.79 Å². The maximum Gasteiger partial charge on any atom is 0.266 e. The van der Waals surface area contributed by atoms with E-state index in [1.165, 1.54) is 22.9 Å². The van der Waals surface area contributed by atoms with E-state index in [0.29, 0.717) is 15.8 Å². The lowest BCUT2D eigenvalue weighted by molar-refractivity contribution is -0.122. The van der Waals surface area contributed by atoms with Crippen LogP contribution >= 0.6 is 24.0 Å². The Hall–Kier alpha value is -3.15. The van der Waals surface area contributed by atoms with Gasteiger partial charge < -0.3 is 4.57 Å². The van der Waals surface area contributed by atoms with Crippen LogP contribution in [-0.2, 0) is 17.9 Å². The van der Waals surface area contributed by atoms with E-state index in [1.807, 2.05) is 42.5 Å². The molecule has 0 atom stereocenters. The van der Waals surface area contributed by atoms with Crippen LogP contribution in [0.5, 0.6) is 0 Å². The van der Waals surface area contributed by atoms with Crippen molar-refractivity contribution in [2.45, 2.75) is 20.0 Å². The lowest BCUT2D eigenvalue weighted by atomic mass is 10.1. The molecule has 0 bridgehead atoms. The van der Waals surface area contributed by atoms with E-state index < -0.39 is 0 Å². The Morgan fingerprint density at radius 3 is 2.44 bits per heavy atom. The number of para-hydroxylation sites is 1. The lowest BCUT2D eigenvalue weighted by Gasteiger charge is -2.14. The maximum absolute atomic E-state index is 13.1. The highest BCUT2D eigenvalue weighted by atomic mass is 32.2. The summed E-state index contributed by atoms with van der Waals surface area (Å²) in [6.07, 6.45) is 4.13. The van der Waals surface area contributed by atoms with Crippen molar-refractivity contribution in [2.75, 3.05) is 0 Å². The molecule has 158 valence electrons. The van der Waals surface area contributed by atoms with Gasteiger partial charge in [0.2, 0.25) is 0 Å². The van der Waals surface area contributed by atoms with E-state index in [9.17, 15) is 4.79 Å². The predicted octanol–water partition coefficient (Wildman–Crippen LogP) is 6.40. The number of thiocarbonyl (C=S) groups is 1. The van der Waals surface area contributed by atoms with Crippen LogP contribution in [0.3, 0.4) is 0 Å². The fourth-order valence-corrected chi connectivity index (χ4v) is 5.28. The molecule has 1 aliphatic heterocycles. The Labute approximate surface area is 197 Å². The molecule has 1 amide bonds. The largest absolute Gasteiger partial charge is 0.342 e. The molecule has 32 heavy (non-hydrogen) atoms. The third kappa shape index (κ3) is 4.01. The molecule has 0 N–H and O–H groups in total. The first-order chi connectivity index (χ1) is 15.6. The summed E-state index contributed by atoms with van der Waals surface area (Å²) < 4.78 is 2.86.